The molecule has 0 aliphatic rings. The summed E-state index contributed by atoms with van der Waals surface area (Å²) in [7, 11) is 0. The fraction of sp³-hybridized carbons (Fsp3) is 0.385. The maximum atomic E-state index is 12.3. The van der Waals surface area contributed by atoms with Crippen molar-refractivity contribution in [3.63, 3.8) is 0 Å². The van der Waals surface area contributed by atoms with Crippen LogP contribution in [-0.4, -0.2) is 39.9 Å². The van der Waals surface area contributed by atoms with Crippen LogP contribution in [0.25, 0.3) is 0 Å². The lowest BCUT2D eigenvalue weighted by Crippen LogP contribution is -2.38. The highest BCUT2D eigenvalue weighted by Crippen LogP contribution is 2.25. The van der Waals surface area contributed by atoms with Gasteiger partial charge >= 0.3 is 5.97 Å². The van der Waals surface area contributed by atoms with Crippen molar-refractivity contribution in [3.05, 3.63) is 38.9 Å². The van der Waals surface area contributed by atoms with Crippen molar-refractivity contribution in [2.75, 3.05) is 13.1 Å². The van der Waals surface area contributed by atoms with Crippen LogP contribution in [0.4, 0.5) is 5.69 Å². The van der Waals surface area contributed by atoms with Crippen molar-refractivity contribution in [3.8, 4) is 0 Å². The Balaban J connectivity index is 3.05. The second-order valence-corrected chi connectivity index (χ2v) is 5.30. The van der Waals surface area contributed by atoms with Crippen LogP contribution in [0, 0.1) is 16.0 Å². The van der Waals surface area contributed by atoms with Gasteiger partial charge in [-0.25, -0.2) is 0 Å². The van der Waals surface area contributed by atoms with Crippen LogP contribution in [0.5, 0.6) is 0 Å². The molecule has 114 valence electrons. The van der Waals surface area contributed by atoms with E-state index < -0.39 is 23.3 Å². The largest absolute Gasteiger partial charge is 0.480 e. The van der Waals surface area contributed by atoms with Gasteiger partial charge < -0.3 is 10.0 Å². The maximum absolute atomic E-state index is 12.3. The monoisotopic (exact) mass is 314 g/mol. The predicted octanol–water partition coefficient (Wildman–Crippen LogP) is 2.43. The fourth-order valence-corrected chi connectivity index (χ4v) is 2.04. The summed E-state index contributed by atoms with van der Waals surface area (Å²) < 4.78 is 0. The topological polar surface area (TPSA) is 101 Å². The van der Waals surface area contributed by atoms with E-state index in [0.29, 0.717) is 0 Å². The first-order chi connectivity index (χ1) is 9.72. The van der Waals surface area contributed by atoms with Gasteiger partial charge in [-0.3, -0.25) is 19.7 Å². The Bertz CT molecular complexity index is 574. The zero-order chi connectivity index (χ0) is 16.2. The minimum Gasteiger partial charge on any atom is -0.480 e. The lowest BCUT2D eigenvalue weighted by Gasteiger charge is -2.22. The van der Waals surface area contributed by atoms with Crippen LogP contribution >= 0.6 is 11.6 Å². The summed E-state index contributed by atoms with van der Waals surface area (Å²) in [5.74, 6) is -1.57. The molecule has 0 spiro atoms. The smallest absolute Gasteiger partial charge is 0.323 e. The Morgan fingerprint density at radius 3 is 2.48 bits per heavy atom. The Morgan fingerprint density at radius 1 is 1.43 bits per heavy atom. The predicted molar refractivity (Wildman–Crippen MR) is 76.5 cm³/mol. The van der Waals surface area contributed by atoms with Gasteiger partial charge in [0.2, 0.25) is 0 Å². The molecule has 1 rings (SSSR count). The molecule has 0 fully saturated rings. The van der Waals surface area contributed by atoms with Gasteiger partial charge in [0.25, 0.3) is 11.6 Å². The van der Waals surface area contributed by atoms with E-state index in [1.54, 1.807) is 0 Å². The molecule has 0 heterocycles. The van der Waals surface area contributed by atoms with Gasteiger partial charge in [0.05, 0.1) is 4.92 Å². The van der Waals surface area contributed by atoms with E-state index in [4.69, 9.17) is 16.7 Å². The molecule has 0 aliphatic heterocycles. The molecule has 0 unspecified atom stereocenters. The molecule has 8 heteroatoms. The maximum Gasteiger partial charge on any atom is 0.323 e. The molecule has 1 aromatic carbocycles. The number of hydrogen-bond donors (Lipinski definition) is 1. The van der Waals surface area contributed by atoms with E-state index >= 15 is 0 Å². The Kier molecular flexibility index (Phi) is 5.66. The van der Waals surface area contributed by atoms with Gasteiger partial charge in [0.15, 0.2) is 0 Å². The number of nitrogens with zero attached hydrogens (tertiary/aromatic N) is 2. The van der Waals surface area contributed by atoms with Gasteiger partial charge in [-0.05, 0) is 18.1 Å². The molecular formula is C13H15ClN2O5. The third-order valence-corrected chi connectivity index (χ3v) is 2.89. The molecular weight excluding hydrogens is 300 g/mol. The SMILES string of the molecule is CC(C)CN(CC(=O)O)C(=O)c1ccc([N+](=O)[O-])c(Cl)c1. The molecule has 7 nitrogen and oxygen atoms in total. The van der Waals surface area contributed by atoms with Gasteiger partial charge in [-0.1, -0.05) is 25.4 Å². The van der Waals surface area contributed by atoms with Crippen LogP contribution in [0.3, 0.4) is 0 Å². The zero-order valence-corrected chi connectivity index (χ0v) is 12.3. The Morgan fingerprint density at radius 2 is 2.05 bits per heavy atom. The molecule has 0 aromatic heterocycles. The summed E-state index contributed by atoms with van der Waals surface area (Å²) >= 11 is 5.76. The zero-order valence-electron chi connectivity index (χ0n) is 11.6. The van der Waals surface area contributed by atoms with Crippen molar-refractivity contribution in [2.45, 2.75) is 13.8 Å². The van der Waals surface area contributed by atoms with Crippen molar-refractivity contribution >= 4 is 29.2 Å². The third-order valence-electron chi connectivity index (χ3n) is 2.59. The average Bonchev–Trinajstić information content (AvgIpc) is 2.35. The number of nitro groups is 1. The quantitative estimate of drug-likeness (QED) is 0.642. The highest BCUT2D eigenvalue weighted by atomic mass is 35.5. The number of carboxylic acid groups (broad SMARTS) is 1. The average molecular weight is 315 g/mol. The van der Waals surface area contributed by atoms with E-state index in [-0.39, 0.29) is 28.7 Å². The van der Waals surface area contributed by atoms with Crippen LogP contribution < -0.4 is 0 Å². The fourth-order valence-electron chi connectivity index (χ4n) is 1.79. The summed E-state index contributed by atoms with van der Waals surface area (Å²) in [6, 6.07) is 3.57. The van der Waals surface area contributed by atoms with Crippen molar-refractivity contribution in [1.82, 2.24) is 4.90 Å². The van der Waals surface area contributed by atoms with Crippen LogP contribution in [0.15, 0.2) is 18.2 Å². The summed E-state index contributed by atoms with van der Waals surface area (Å²) in [5, 5.41) is 19.4. The first-order valence-corrected chi connectivity index (χ1v) is 6.55. The van der Waals surface area contributed by atoms with Gasteiger partial charge in [-0.2, -0.15) is 0 Å². The van der Waals surface area contributed by atoms with Crippen molar-refractivity contribution < 1.29 is 19.6 Å². The van der Waals surface area contributed by atoms with Gasteiger partial charge in [0.1, 0.15) is 11.6 Å². The molecule has 1 N–H and O–H groups in total. The van der Waals surface area contributed by atoms with Crippen LogP contribution in [0.1, 0.15) is 24.2 Å². The van der Waals surface area contributed by atoms with Crippen LogP contribution in [0.2, 0.25) is 5.02 Å². The summed E-state index contributed by atoms with van der Waals surface area (Å²) in [4.78, 5) is 34.3. The van der Waals surface area contributed by atoms with Gasteiger partial charge in [0, 0.05) is 18.2 Å². The number of carbonyl (C=O) groups is 2. The molecule has 0 atom stereocenters. The van der Waals surface area contributed by atoms with E-state index in [1.807, 2.05) is 13.8 Å². The second kappa shape index (κ2) is 7.03. The van der Waals surface area contributed by atoms with Crippen molar-refractivity contribution in [2.24, 2.45) is 5.92 Å². The lowest BCUT2D eigenvalue weighted by molar-refractivity contribution is -0.384. The molecule has 0 saturated heterocycles. The highest BCUT2D eigenvalue weighted by Gasteiger charge is 2.22. The number of benzene rings is 1. The Labute approximate surface area is 126 Å². The number of amides is 1. The molecule has 21 heavy (non-hydrogen) atoms. The molecule has 0 bridgehead atoms. The van der Waals surface area contributed by atoms with E-state index in [1.165, 1.54) is 17.0 Å². The van der Waals surface area contributed by atoms with E-state index in [0.717, 1.165) is 6.07 Å². The second-order valence-electron chi connectivity index (χ2n) is 4.90. The summed E-state index contributed by atoms with van der Waals surface area (Å²) in [6.45, 7) is 3.53. The first kappa shape index (κ1) is 16.9. The van der Waals surface area contributed by atoms with Gasteiger partial charge in [-0.15, -0.1) is 0 Å². The van der Waals surface area contributed by atoms with E-state index in [9.17, 15) is 19.7 Å². The summed E-state index contributed by atoms with van der Waals surface area (Å²) in [6.07, 6.45) is 0. The highest BCUT2D eigenvalue weighted by molar-refractivity contribution is 6.33. The molecule has 0 aliphatic carbocycles. The third kappa shape index (κ3) is 4.71. The number of hydrogen-bond acceptors (Lipinski definition) is 4. The number of rotatable bonds is 6. The Hall–Kier alpha value is -2.15. The number of aliphatic carboxylic acids is 1. The van der Waals surface area contributed by atoms with Crippen molar-refractivity contribution in [1.29, 1.82) is 0 Å². The number of halogens is 1. The lowest BCUT2D eigenvalue weighted by atomic mass is 10.1. The normalized spacial score (nSPS) is 10.5. The molecule has 1 aromatic rings. The number of nitro benzene ring substituents is 1. The minimum atomic E-state index is -1.13. The molecule has 1 amide bonds. The standard InChI is InChI=1S/C13H15ClN2O5/c1-8(2)6-15(7-12(17)18)13(19)9-3-4-11(16(20)21)10(14)5-9/h3-5,8H,6-7H2,1-2H3,(H,17,18). The molecule has 0 saturated carbocycles. The first-order valence-electron chi connectivity index (χ1n) is 6.17. The number of carbonyl (C=O) groups excluding carboxylic acids is 1. The van der Waals surface area contributed by atoms with Crippen LogP contribution in [-0.2, 0) is 4.79 Å². The summed E-state index contributed by atoms with van der Waals surface area (Å²) in [5.41, 5.74) is -0.186. The number of carboxylic acids is 1. The van der Waals surface area contributed by atoms with E-state index in [2.05, 4.69) is 0 Å². The minimum absolute atomic E-state index is 0.0850. The molecule has 0 radical (unpaired) electrons.